The molecule has 0 aliphatic carbocycles. The largest absolute Gasteiger partial charge is 0.460 e. The number of carbonyl (C=O) groups is 1. The second-order valence-electron chi connectivity index (χ2n) is 4.62. The lowest BCUT2D eigenvalue weighted by Crippen LogP contribution is -2.14. The molecule has 1 aromatic rings. The van der Waals surface area contributed by atoms with Gasteiger partial charge in [0.05, 0.1) is 0 Å². The highest BCUT2D eigenvalue weighted by Gasteiger charge is 2.02. The van der Waals surface area contributed by atoms with E-state index in [0.29, 0.717) is 24.6 Å². The number of nitrogens with one attached hydrogen (secondary N) is 1. The molecule has 20 heavy (non-hydrogen) atoms. The van der Waals surface area contributed by atoms with Gasteiger partial charge in [0.1, 0.15) is 6.61 Å². The van der Waals surface area contributed by atoms with Gasteiger partial charge in [0.25, 0.3) is 0 Å². The lowest BCUT2D eigenvalue weighted by atomic mass is 10.0. The molecular weight excluding hydrogens is 250 g/mol. The van der Waals surface area contributed by atoms with E-state index >= 15 is 0 Å². The standard InChI is InChI=1S/C15H21NO2.C2H6/c1-11(2)13-5-7-14(8-6-13)16-9-10-18-15(17)12(3)4;1-2/h5-8,11,16H,3,9-10H2,1-2,4H3;1-2H3. The summed E-state index contributed by atoms with van der Waals surface area (Å²) in [5.74, 6) is 0.197. The predicted octanol–water partition coefficient (Wildman–Crippen LogP) is 4.37. The number of ether oxygens (including phenoxy) is 1. The first kappa shape index (κ1) is 18.2. The van der Waals surface area contributed by atoms with Gasteiger partial charge in [0, 0.05) is 17.8 Å². The van der Waals surface area contributed by atoms with Crippen LogP contribution in [0.1, 0.15) is 46.1 Å². The van der Waals surface area contributed by atoms with Gasteiger partial charge in [0.15, 0.2) is 0 Å². The topological polar surface area (TPSA) is 38.3 Å². The van der Waals surface area contributed by atoms with Crippen molar-refractivity contribution in [2.24, 2.45) is 0 Å². The Morgan fingerprint density at radius 3 is 2.25 bits per heavy atom. The van der Waals surface area contributed by atoms with Crippen molar-refractivity contribution in [2.45, 2.75) is 40.5 Å². The predicted molar refractivity (Wildman–Crippen MR) is 86.1 cm³/mol. The molecule has 0 radical (unpaired) electrons. The second-order valence-corrected chi connectivity index (χ2v) is 4.62. The Bertz CT molecular complexity index is 408. The quantitative estimate of drug-likeness (QED) is 0.477. The number of hydrogen-bond donors (Lipinski definition) is 1. The monoisotopic (exact) mass is 277 g/mol. The summed E-state index contributed by atoms with van der Waals surface area (Å²) >= 11 is 0. The van der Waals surface area contributed by atoms with Gasteiger partial charge in [-0.15, -0.1) is 0 Å². The van der Waals surface area contributed by atoms with Crippen LogP contribution in [0.15, 0.2) is 36.4 Å². The highest BCUT2D eigenvalue weighted by atomic mass is 16.5. The average Bonchev–Trinajstić information content (AvgIpc) is 2.45. The third-order valence-electron chi connectivity index (χ3n) is 2.59. The molecule has 1 rings (SSSR count). The van der Waals surface area contributed by atoms with Crippen LogP contribution in [0.4, 0.5) is 5.69 Å². The summed E-state index contributed by atoms with van der Waals surface area (Å²) in [4.78, 5) is 11.1. The van der Waals surface area contributed by atoms with E-state index in [9.17, 15) is 4.79 Å². The Morgan fingerprint density at radius 2 is 1.80 bits per heavy atom. The third-order valence-corrected chi connectivity index (χ3v) is 2.59. The highest BCUT2D eigenvalue weighted by molar-refractivity contribution is 5.86. The molecule has 0 fully saturated rings. The SMILES string of the molecule is C=C(C)C(=O)OCCNc1ccc(C(C)C)cc1.CC. The summed E-state index contributed by atoms with van der Waals surface area (Å²) in [5, 5.41) is 3.20. The molecule has 0 spiro atoms. The summed E-state index contributed by atoms with van der Waals surface area (Å²) in [5.41, 5.74) is 2.77. The Labute approximate surface area is 123 Å². The number of rotatable bonds is 6. The molecule has 0 bridgehead atoms. The van der Waals surface area contributed by atoms with Gasteiger partial charge in [-0.2, -0.15) is 0 Å². The number of carbonyl (C=O) groups excluding carboxylic acids is 1. The van der Waals surface area contributed by atoms with Crippen LogP contribution >= 0.6 is 0 Å². The molecule has 0 saturated heterocycles. The molecule has 0 heterocycles. The third kappa shape index (κ3) is 6.98. The van der Waals surface area contributed by atoms with Gasteiger partial charge in [-0.1, -0.05) is 46.4 Å². The molecular formula is C17H27NO2. The second kappa shape index (κ2) is 10.1. The molecule has 0 atom stereocenters. The van der Waals surface area contributed by atoms with Crippen LogP contribution in [0.25, 0.3) is 0 Å². The number of anilines is 1. The first-order chi connectivity index (χ1) is 9.50. The molecule has 1 N–H and O–H groups in total. The van der Waals surface area contributed by atoms with Crippen molar-refractivity contribution in [2.75, 3.05) is 18.5 Å². The molecule has 3 heteroatoms. The zero-order chi connectivity index (χ0) is 15.5. The molecule has 0 aliphatic heterocycles. The summed E-state index contributed by atoms with van der Waals surface area (Å²) in [6, 6.07) is 8.28. The number of esters is 1. The Kier molecular flexibility index (Phi) is 9.18. The zero-order valence-corrected chi connectivity index (χ0v) is 13.3. The average molecular weight is 277 g/mol. The van der Waals surface area contributed by atoms with Crippen LogP contribution in [0.3, 0.4) is 0 Å². The fourth-order valence-corrected chi connectivity index (χ4v) is 1.45. The fraction of sp³-hybridized carbons (Fsp3) is 0.471. The van der Waals surface area contributed by atoms with E-state index in [4.69, 9.17) is 4.74 Å². The van der Waals surface area contributed by atoms with Crippen molar-refractivity contribution >= 4 is 11.7 Å². The Hall–Kier alpha value is -1.77. The van der Waals surface area contributed by atoms with Crippen LogP contribution in [0.5, 0.6) is 0 Å². The number of hydrogen-bond acceptors (Lipinski definition) is 3. The van der Waals surface area contributed by atoms with Crippen molar-refractivity contribution in [3.05, 3.63) is 42.0 Å². The summed E-state index contributed by atoms with van der Waals surface area (Å²) in [6.45, 7) is 14.4. The maximum atomic E-state index is 11.1. The minimum atomic E-state index is -0.341. The first-order valence-corrected chi connectivity index (χ1v) is 7.17. The van der Waals surface area contributed by atoms with Gasteiger partial charge in [0.2, 0.25) is 0 Å². The van der Waals surface area contributed by atoms with Crippen molar-refractivity contribution < 1.29 is 9.53 Å². The van der Waals surface area contributed by atoms with Gasteiger partial charge < -0.3 is 10.1 Å². The normalized spacial score (nSPS) is 9.50. The number of benzene rings is 1. The smallest absolute Gasteiger partial charge is 0.333 e. The molecule has 112 valence electrons. The maximum absolute atomic E-state index is 11.1. The van der Waals surface area contributed by atoms with Crippen LogP contribution in [-0.2, 0) is 9.53 Å². The first-order valence-electron chi connectivity index (χ1n) is 7.17. The Morgan fingerprint density at radius 1 is 1.25 bits per heavy atom. The van der Waals surface area contributed by atoms with E-state index in [-0.39, 0.29) is 5.97 Å². The molecule has 0 unspecified atom stereocenters. The summed E-state index contributed by atoms with van der Waals surface area (Å²) < 4.78 is 4.99. The van der Waals surface area contributed by atoms with Crippen LogP contribution < -0.4 is 5.32 Å². The lowest BCUT2D eigenvalue weighted by Gasteiger charge is -2.09. The molecule has 0 amide bonds. The van der Waals surface area contributed by atoms with Crippen molar-refractivity contribution in [3.8, 4) is 0 Å². The minimum Gasteiger partial charge on any atom is -0.460 e. The van der Waals surface area contributed by atoms with E-state index < -0.39 is 0 Å². The fourth-order valence-electron chi connectivity index (χ4n) is 1.45. The molecule has 0 saturated carbocycles. The van der Waals surface area contributed by atoms with E-state index in [1.54, 1.807) is 6.92 Å². The van der Waals surface area contributed by atoms with Gasteiger partial charge in [-0.25, -0.2) is 4.79 Å². The van der Waals surface area contributed by atoms with E-state index in [1.165, 1.54) is 5.56 Å². The van der Waals surface area contributed by atoms with Crippen LogP contribution in [0.2, 0.25) is 0 Å². The highest BCUT2D eigenvalue weighted by Crippen LogP contribution is 2.16. The van der Waals surface area contributed by atoms with Gasteiger partial charge in [-0.3, -0.25) is 0 Å². The molecule has 3 nitrogen and oxygen atoms in total. The lowest BCUT2D eigenvalue weighted by molar-refractivity contribution is -0.138. The van der Waals surface area contributed by atoms with Crippen molar-refractivity contribution in [1.29, 1.82) is 0 Å². The molecule has 1 aromatic carbocycles. The van der Waals surface area contributed by atoms with Crippen LogP contribution in [-0.4, -0.2) is 19.1 Å². The molecule has 0 aromatic heterocycles. The van der Waals surface area contributed by atoms with E-state index in [0.717, 1.165) is 5.69 Å². The van der Waals surface area contributed by atoms with E-state index in [2.05, 4.69) is 37.9 Å². The van der Waals surface area contributed by atoms with Crippen molar-refractivity contribution in [3.63, 3.8) is 0 Å². The minimum absolute atomic E-state index is 0.341. The van der Waals surface area contributed by atoms with E-state index in [1.807, 2.05) is 26.0 Å². The Balaban J connectivity index is 0.00000172. The maximum Gasteiger partial charge on any atom is 0.333 e. The van der Waals surface area contributed by atoms with Crippen molar-refractivity contribution in [1.82, 2.24) is 0 Å². The summed E-state index contributed by atoms with van der Waals surface area (Å²) in [7, 11) is 0. The molecule has 0 aliphatic rings. The summed E-state index contributed by atoms with van der Waals surface area (Å²) in [6.07, 6.45) is 0. The zero-order valence-electron chi connectivity index (χ0n) is 13.3. The van der Waals surface area contributed by atoms with Gasteiger partial charge in [-0.05, 0) is 30.5 Å². The van der Waals surface area contributed by atoms with Gasteiger partial charge >= 0.3 is 5.97 Å². The van der Waals surface area contributed by atoms with Crippen LogP contribution in [0, 0.1) is 0 Å².